The number of halogens is 5. The Bertz CT molecular complexity index is 1390. The summed E-state index contributed by atoms with van der Waals surface area (Å²) in [4.78, 5) is 45.5. The van der Waals surface area contributed by atoms with E-state index >= 15 is 0 Å². The Labute approximate surface area is 232 Å². The van der Waals surface area contributed by atoms with Gasteiger partial charge >= 0.3 is 0 Å². The van der Waals surface area contributed by atoms with Gasteiger partial charge in [0.15, 0.2) is 5.67 Å². The molecule has 1 saturated heterocycles. The summed E-state index contributed by atoms with van der Waals surface area (Å²) < 4.78 is 55.3. The molecule has 1 aromatic carbocycles. The Morgan fingerprint density at radius 3 is 2.48 bits per heavy atom. The molecule has 0 radical (unpaired) electrons. The van der Waals surface area contributed by atoms with Crippen molar-refractivity contribution >= 4 is 35.0 Å². The number of hydrogen-bond donors (Lipinski definition) is 1. The zero-order valence-electron chi connectivity index (χ0n) is 21.4. The van der Waals surface area contributed by atoms with Gasteiger partial charge in [-0.25, -0.2) is 17.6 Å². The molecule has 212 valence electrons. The summed E-state index contributed by atoms with van der Waals surface area (Å²) in [5, 5.41) is 2.88. The van der Waals surface area contributed by atoms with Gasteiger partial charge in [0.2, 0.25) is 5.91 Å². The van der Waals surface area contributed by atoms with Crippen molar-refractivity contribution in [3.63, 3.8) is 0 Å². The van der Waals surface area contributed by atoms with Gasteiger partial charge in [0, 0.05) is 31.9 Å². The van der Waals surface area contributed by atoms with Crippen LogP contribution in [0.25, 0.3) is 0 Å². The second-order valence-electron chi connectivity index (χ2n) is 11.4. The number of carbonyl (C=O) groups is 3. The molecule has 2 aliphatic heterocycles. The molecule has 2 saturated carbocycles. The topological polar surface area (TPSA) is 82.6 Å². The summed E-state index contributed by atoms with van der Waals surface area (Å²) in [5.74, 6) is -1.88. The summed E-state index contributed by atoms with van der Waals surface area (Å²) in [6, 6.07) is 5.13. The summed E-state index contributed by atoms with van der Waals surface area (Å²) in [6.45, 7) is 0.485. The van der Waals surface area contributed by atoms with Crippen LogP contribution in [0.3, 0.4) is 0 Å². The molecule has 1 aromatic heterocycles. The number of hydrogen-bond acceptors (Lipinski definition) is 4. The first-order valence-corrected chi connectivity index (χ1v) is 13.7. The second-order valence-corrected chi connectivity index (χ2v) is 11.8. The van der Waals surface area contributed by atoms with Crippen LogP contribution < -0.4 is 10.2 Å². The molecule has 0 unspecified atom stereocenters. The molecule has 40 heavy (non-hydrogen) atoms. The first-order chi connectivity index (χ1) is 19.0. The van der Waals surface area contributed by atoms with Crippen LogP contribution in [0.2, 0.25) is 5.02 Å². The number of alkyl halides is 3. The maximum Gasteiger partial charge on any atom is 0.281 e. The van der Waals surface area contributed by atoms with E-state index in [1.54, 1.807) is 11.0 Å². The normalized spacial score (nSPS) is 24.2. The van der Waals surface area contributed by atoms with Crippen LogP contribution >= 0.6 is 11.6 Å². The van der Waals surface area contributed by atoms with Gasteiger partial charge in [0.1, 0.15) is 16.9 Å². The average Bonchev–Trinajstić information content (AvgIpc) is 3.61. The van der Waals surface area contributed by atoms with E-state index < -0.39 is 40.8 Å². The largest absolute Gasteiger partial charge is 0.349 e. The predicted octanol–water partition coefficient (Wildman–Crippen LogP) is 4.73. The third kappa shape index (κ3) is 4.52. The van der Waals surface area contributed by atoms with Crippen molar-refractivity contribution < 1.29 is 31.9 Å². The number of amides is 3. The molecule has 1 spiro atoms. The lowest BCUT2D eigenvalue weighted by Crippen LogP contribution is -2.66. The fourth-order valence-electron chi connectivity index (χ4n) is 6.27. The molecular weight excluding hydrogens is 552 g/mol. The fourth-order valence-corrected chi connectivity index (χ4v) is 6.43. The SMILES string of the molecule is O=C(NC1CCC(CN2C(=O)C3(CN(C(=O)C4(F)CC4)C3)c3ccc(F)cc32)CC1)c1cc(Cl)cnc1C(F)F. The molecule has 1 N–H and O–H groups in total. The number of carbonyl (C=O) groups excluding carboxylic acids is 3. The van der Waals surface area contributed by atoms with Gasteiger partial charge in [-0.3, -0.25) is 19.4 Å². The Hall–Kier alpha value is -3.21. The van der Waals surface area contributed by atoms with Gasteiger partial charge in [0.05, 0.1) is 16.3 Å². The lowest BCUT2D eigenvalue weighted by atomic mass is 9.74. The van der Waals surface area contributed by atoms with Gasteiger partial charge in [-0.1, -0.05) is 17.7 Å². The molecule has 0 bridgehead atoms. The van der Waals surface area contributed by atoms with Crippen LogP contribution in [0, 0.1) is 11.7 Å². The van der Waals surface area contributed by atoms with E-state index in [4.69, 9.17) is 11.6 Å². The number of nitrogens with zero attached hydrogens (tertiary/aromatic N) is 3. The highest BCUT2D eigenvalue weighted by molar-refractivity contribution is 6.30. The quantitative estimate of drug-likeness (QED) is 0.503. The minimum Gasteiger partial charge on any atom is -0.349 e. The predicted molar refractivity (Wildman–Crippen MR) is 138 cm³/mol. The summed E-state index contributed by atoms with van der Waals surface area (Å²) in [5.41, 5.74) is -2.57. The van der Waals surface area contributed by atoms with E-state index in [-0.39, 0.29) is 54.4 Å². The molecule has 6 rings (SSSR count). The third-order valence-electron chi connectivity index (χ3n) is 8.66. The molecular formula is C28H27ClF4N4O3. The second kappa shape index (κ2) is 9.71. The van der Waals surface area contributed by atoms with Crippen LogP contribution in [-0.4, -0.2) is 59.0 Å². The van der Waals surface area contributed by atoms with E-state index in [1.165, 1.54) is 23.1 Å². The van der Waals surface area contributed by atoms with E-state index in [9.17, 15) is 31.9 Å². The standard InChI is InChI=1S/C28H27ClF4N4O3/c29-16-9-19(22(23(31)32)34-11-16)24(38)35-18-4-1-15(2-5-18)12-37-21-10-17(30)3-6-20(21)27(25(37)39)13-36(14-27)26(40)28(33)7-8-28/h3,6,9-11,15,18,23H,1-2,4-5,7-8,12-14H2,(H,35,38). The summed E-state index contributed by atoms with van der Waals surface area (Å²) >= 11 is 5.87. The smallest absolute Gasteiger partial charge is 0.281 e. The van der Waals surface area contributed by atoms with Crippen molar-refractivity contribution in [2.45, 2.75) is 62.1 Å². The summed E-state index contributed by atoms with van der Waals surface area (Å²) in [6.07, 6.45) is 0.982. The number of likely N-dealkylation sites (tertiary alicyclic amines) is 1. The molecule has 7 nitrogen and oxygen atoms in total. The average molecular weight is 579 g/mol. The first kappa shape index (κ1) is 27.0. The fraction of sp³-hybridized carbons (Fsp3) is 0.500. The van der Waals surface area contributed by atoms with Gasteiger partial charge in [-0.05, 0) is 68.2 Å². The Morgan fingerprint density at radius 1 is 1.12 bits per heavy atom. The van der Waals surface area contributed by atoms with Crippen molar-refractivity contribution in [3.8, 4) is 0 Å². The van der Waals surface area contributed by atoms with Crippen LogP contribution in [0.5, 0.6) is 0 Å². The Morgan fingerprint density at radius 2 is 1.82 bits per heavy atom. The molecule has 3 fully saturated rings. The highest BCUT2D eigenvalue weighted by atomic mass is 35.5. The van der Waals surface area contributed by atoms with Crippen molar-refractivity contribution in [3.05, 3.63) is 58.1 Å². The molecule has 2 aliphatic carbocycles. The lowest BCUT2D eigenvalue weighted by molar-refractivity contribution is -0.149. The molecule has 3 amide bonds. The minimum atomic E-state index is -2.92. The van der Waals surface area contributed by atoms with E-state index in [2.05, 4.69) is 10.3 Å². The highest BCUT2D eigenvalue weighted by Crippen LogP contribution is 2.51. The molecule has 12 heteroatoms. The van der Waals surface area contributed by atoms with E-state index in [0.717, 1.165) is 6.20 Å². The van der Waals surface area contributed by atoms with Crippen LogP contribution in [0.4, 0.5) is 23.2 Å². The lowest BCUT2D eigenvalue weighted by Gasteiger charge is -2.47. The Kier molecular flexibility index (Phi) is 6.55. The highest BCUT2D eigenvalue weighted by Gasteiger charge is 2.63. The van der Waals surface area contributed by atoms with E-state index in [1.807, 2.05) is 0 Å². The van der Waals surface area contributed by atoms with E-state index in [0.29, 0.717) is 43.5 Å². The molecule has 2 aromatic rings. The van der Waals surface area contributed by atoms with Crippen LogP contribution in [-0.2, 0) is 15.0 Å². The zero-order valence-corrected chi connectivity index (χ0v) is 22.2. The number of nitrogens with one attached hydrogen (secondary N) is 1. The molecule has 4 aliphatic rings. The summed E-state index contributed by atoms with van der Waals surface area (Å²) in [7, 11) is 0. The maximum atomic E-state index is 14.3. The first-order valence-electron chi connectivity index (χ1n) is 13.4. The maximum absolute atomic E-state index is 14.3. The van der Waals surface area contributed by atoms with Gasteiger partial charge < -0.3 is 15.1 Å². The number of anilines is 1. The van der Waals surface area contributed by atoms with Crippen molar-refractivity contribution in [1.82, 2.24) is 15.2 Å². The number of fused-ring (bicyclic) bond motifs is 2. The Balaban J connectivity index is 1.10. The third-order valence-corrected chi connectivity index (χ3v) is 8.87. The zero-order chi connectivity index (χ0) is 28.4. The minimum absolute atomic E-state index is 0.0613. The van der Waals surface area contributed by atoms with Crippen molar-refractivity contribution in [2.75, 3.05) is 24.5 Å². The monoisotopic (exact) mass is 578 g/mol. The number of rotatable bonds is 6. The van der Waals surface area contributed by atoms with Crippen LogP contribution in [0.1, 0.15) is 66.6 Å². The van der Waals surface area contributed by atoms with Gasteiger partial charge in [0.25, 0.3) is 18.2 Å². The number of aromatic nitrogens is 1. The van der Waals surface area contributed by atoms with Crippen LogP contribution in [0.15, 0.2) is 30.5 Å². The van der Waals surface area contributed by atoms with Crippen molar-refractivity contribution in [1.29, 1.82) is 0 Å². The van der Waals surface area contributed by atoms with Gasteiger partial charge in [-0.15, -0.1) is 0 Å². The van der Waals surface area contributed by atoms with Gasteiger partial charge in [-0.2, -0.15) is 0 Å². The molecule has 3 heterocycles. The number of pyridine rings is 1. The molecule has 0 atom stereocenters. The van der Waals surface area contributed by atoms with Crippen molar-refractivity contribution in [2.24, 2.45) is 5.92 Å². The number of benzene rings is 1.